The Bertz CT molecular complexity index is 671. The summed E-state index contributed by atoms with van der Waals surface area (Å²) in [6.07, 6.45) is 2.57. The minimum Gasteiger partial charge on any atom is -0.497 e. The second kappa shape index (κ2) is 9.64. The predicted octanol–water partition coefficient (Wildman–Crippen LogP) is 2.04. The zero-order chi connectivity index (χ0) is 18.1. The maximum Gasteiger partial charge on any atom is 0.269 e. The van der Waals surface area contributed by atoms with E-state index in [9.17, 15) is 4.79 Å². The van der Waals surface area contributed by atoms with Gasteiger partial charge in [-0.05, 0) is 50.3 Å². The predicted molar refractivity (Wildman–Crippen MR) is 100 cm³/mol. The number of hydrogen-bond donors (Lipinski definition) is 2. The van der Waals surface area contributed by atoms with E-state index >= 15 is 0 Å². The van der Waals surface area contributed by atoms with Gasteiger partial charge in [0, 0.05) is 19.6 Å². The Kier molecular flexibility index (Phi) is 7.22. The van der Waals surface area contributed by atoms with Crippen LogP contribution in [0.25, 0.3) is 0 Å². The van der Waals surface area contributed by atoms with Gasteiger partial charge in [-0.15, -0.1) is 0 Å². The van der Waals surface area contributed by atoms with Gasteiger partial charge in [0.05, 0.1) is 19.0 Å². The van der Waals surface area contributed by atoms with E-state index < -0.39 is 0 Å². The van der Waals surface area contributed by atoms with Crippen LogP contribution in [0.4, 0.5) is 5.69 Å². The number of benzene rings is 1. The number of amides is 1. The lowest BCUT2D eigenvalue weighted by molar-refractivity contribution is 0.0946. The van der Waals surface area contributed by atoms with Crippen LogP contribution in [0, 0.1) is 0 Å². The van der Waals surface area contributed by atoms with Gasteiger partial charge in [-0.1, -0.05) is 12.1 Å². The molecule has 0 atom stereocenters. The number of methoxy groups -OCH3 is 1. The molecule has 0 spiro atoms. The van der Waals surface area contributed by atoms with E-state index in [1.54, 1.807) is 19.4 Å². The number of hydrogen-bond acceptors (Lipinski definition) is 5. The molecule has 6 heteroatoms. The summed E-state index contributed by atoms with van der Waals surface area (Å²) >= 11 is 0. The third-order valence-corrected chi connectivity index (χ3v) is 3.72. The number of anilines is 1. The minimum absolute atomic E-state index is 0.148. The monoisotopic (exact) mass is 342 g/mol. The van der Waals surface area contributed by atoms with Crippen LogP contribution >= 0.6 is 0 Å². The van der Waals surface area contributed by atoms with Gasteiger partial charge in [-0.2, -0.15) is 0 Å². The van der Waals surface area contributed by atoms with Gasteiger partial charge in [0.25, 0.3) is 5.91 Å². The van der Waals surface area contributed by atoms with Crippen molar-refractivity contribution in [3.8, 4) is 5.75 Å². The van der Waals surface area contributed by atoms with Crippen LogP contribution < -0.4 is 15.4 Å². The van der Waals surface area contributed by atoms with E-state index in [0.29, 0.717) is 12.2 Å². The fraction of sp³-hybridized carbons (Fsp3) is 0.368. The molecule has 0 unspecified atom stereocenters. The molecule has 0 radical (unpaired) electrons. The zero-order valence-electron chi connectivity index (χ0n) is 15.1. The van der Waals surface area contributed by atoms with Crippen LogP contribution in [0.1, 0.15) is 16.1 Å². The van der Waals surface area contributed by atoms with E-state index in [1.807, 2.05) is 43.3 Å². The molecule has 134 valence electrons. The first-order chi connectivity index (χ1) is 12.1. The van der Waals surface area contributed by atoms with Crippen LogP contribution in [-0.2, 0) is 6.42 Å². The summed E-state index contributed by atoms with van der Waals surface area (Å²) in [5.74, 6) is 0.716. The molecule has 0 fully saturated rings. The van der Waals surface area contributed by atoms with E-state index in [2.05, 4.69) is 21.7 Å². The highest BCUT2D eigenvalue weighted by molar-refractivity contribution is 5.92. The van der Waals surface area contributed by atoms with Crippen LogP contribution in [0.3, 0.4) is 0 Å². The molecule has 0 saturated carbocycles. The zero-order valence-corrected chi connectivity index (χ0v) is 15.1. The Morgan fingerprint density at radius 3 is 2.72 bits per heavy atom. The van der Waals surface area contributed by atoms with Crippen LogP contribution in [-0.4, -0.2) is 56.6 Å². The number of nitrogens with zero attached hydrogens (tertiary/aromatic N) is 2. The SMILES string of the molecule is COc1cccc(CCNc2ccc(C(=O)NCCN(C)C)nc2)c1. The number of pyridine rings is 1. The first-order valence-corrected chi connectivity index (χ1v) is 8.34. The van der Waals surface area contributed by atoms with Crippen LogP contribution in [0.2, 0.25) is 0 Å². The standard InChI is InChI=1S/C19H26N4O2/c1-23(2)12-11-21-19(24)18-8-7-16(14-22-18)20-10-9-15-5-4-6-17(13-15)25-3/h4-8,13-14,20H,9-12H2,1-3H3,(H,21,24). The van der Waals surface area contributed by atoms with Crippen molar-refractivity contribution in [2.24, 2.45) is 0 Å². The molecule has 1 heterocycles. The van der Waals surface area contributed by atoms with Gasteiger partial charge in [0.1, 0.15) is 11.4 Å². The molecule has 1 aromatic carbocycles. The molecule has 25 heavy (non-hydrogen) atoms. The summed E-state index contributed by atoms with van der Waals surface area (Å²) in [5.41, 5.74) is 2.53. The number of likely N-dealkylation sites (N-methyl/N-ethyl adjacent to an activating group) is 1. The highest BCUT2D eigenvalue weighted by Crippen LogP contribution is 2.13. The number of carbonyl (C=O) groups excluding carboxylic acids is 1. The lowest BCUT2D eigenvalue weighted by Gasteiger charge is -2.10. The highest BCUT2D eigenvalue weighted by atomic mass is 16.5. The molecule has 0 aliphatic rings. The van der Waals surface area contributed by atoms with Gasteiger partial charge < -0.3 is 20.3 Å². The van der Waals surface area contributed by atoms with Crippen molar-refractivity contribution in [2.75, 3.05) is 46.2 Å². The molecule has 2 rings (SSSR count). The molecule has 1 aromatic heterocycles. The quantitative estimate of drug-likeness (QED) is 0.730. The summed E-state index contributed by atoms with van der Waals surface area (Å²) in [7, 11) is 5.61. The second-order valence-electron chi connectivity index (χ2n) is 6.02. The number of ether oxygens (including phenoxy) is 1. The number of aromatic nitrogens is 1. The third-order valence-electron chi connectivity index (χ3n) is 3.72. The van der Waals surface area contributed by atoms with E-state index in [-0.39, 0.29) is 5.91 Å². The van der Waals surface area contributed by atoms with Crippen molar-refractivity contribution < 1.29 is 9.53 Å². The van der Waals surface area contributed by atoms with Crippen LogP contribution in [0.15, 0.2) is 42.6 Å². The second-order valence-corrected chi connectivity index (χ2v) is 6.02. The lowest BCUT2D eigenvalue weighted by Crippen LogP contribution is -2.31. The molecule has 2 aromatic rings. The summed E-state index contributed by atoms with van der Waals surface area (Å²) in [5, 5.41) is 6.16. The summed E-state index contributed by atoms with van der Waals surface area (Å²) in [4.78, 5) is 18.2. The molecule has 0 saturated heterocycles. The summed E-state index contributed by atoms with van der Waals surface area (Å²) < 4.78 is 5.23. The van der Waals surface area contributed by atoms with E-state index in [1.165, 1.54) is 5.56 Å². The van der Waals surface area contributed by atoms with Crippen molar-refractivity contribution in [2.45, 2.75) is 6.42 Å². The molecule has 6 nitrogen and oxygen atoms in total. The average Bonchev–Trinajstić information content (AvgIpc) is 2.62. The smallest absolute Gasteiger partial charge is 0.269 e. The highest BCUT2D eigenvalue weighted by Gasteiger charge is 2.06. The van der Waals surface area contributed by atoms with Gasteiger partial charge in [0.2, 0.25) is 0 Å². The Hall–Kier alpha value is -2.60. The molecule has 0 aliphatic carbocycles. The van der Waals surface area contributed by atoms with Gasteiger partial charge in [0.15, 0.2) is 0 Å². The van der Waals surface area contributed by atoms with Crippen molar-refractivity contribution in [1.82, 2.24) is 15.2 Å². The van der Waals surface area contributed by atoms with E-state index in [0.717, 1.165) is 30.9 Å². The first kappa shape index (κ1) is 18.7. The van der Waals surface area contributed by atoms with Crippen molar-refractivity contribution in [1.29, 1.82) is 0 Å². The largest absolute Gasteiger partial charge is 0.497 e. The van der Waals surface area contributed by atoms with E-state index in [4.69, 9.17) is 4.74 Å². The molecule has 1 amide bonds. The minimum atomic E-state index is -0.148. The first-order valence-electron chi connectivity index (χ1n) is 8.34. The topological polar surface area (TPSA) is 66.5 Å². The Morgan fingerprint density at radius 1 is 1.20 bits per heavy atom. The summed E-state index contributed by atoms with van der Waals surface area (Å²) in [6, 6.07) is 11.6. The van der Waals surface area contributed by atoms with Crippen molar-refractivity contribution in [3.63, 3.8) is 0 Å². The maximum atomic E-state index is 12.0. The van der Waals surface area contributed by atoms with Crippen LogP contribution in [0.5, 0.6) is 5.75 Å². The molecular weight excluding hydrogens is 316 g/mol. The Labute approximate surface area is 149 Å². The maximum absolute atomic E-state index is 12.0. The third kappa shape index (κ3) is 6.43. The van der Waals surface area contributed by atoms with Gasteiger partial charge >= 0.3 is 0 Å². The lowest BCUT2D eigenvalue weighted by atomic mass is 10.1. The number of rotatable bonds is 9. The molecule has 0 bridgehead atoms. The normalized spacial score (nSPS) is 10.6. The molecular formula is C19H26N4O2. The average molecular weight is 342 g/mol. The number of carbonyl (C=O) groups is 1. The molecule has 2 N–H and O–H groups in total. The number of nitrogens with one attached hydrogen (secondary N) is 2. The van der Waals surface area contributed by atoms with Gasteiger partial charge in [-0.25, -0.2) is 4.98 Å². The Balaban J connectivity index is 1.78. The summed E-state index contributed by atoms with van der Waals surface area (Å²) in [6.45, 7) is 2.19. The molecule has 0 aliphatic heterocycles. The van der Waals surface area contributed by atoms with Crippen molar-refractivity contribution >= 4 is 11.6 Å². The Morgan fingerprint density at radius 2 is 2.04 bits per heavy atom. The fourth-order valence-corrected chi connectivity index (χ4v) is 2.30. The fourth-order valence-electron chi connectivity index (χ4n) is 2.30. The van der Waals surface area contributed by atoms with Crippen molar-refractivity contribution in [3.05, 3.63) is 53.9 Å². The van der Waals surface area contributed by atoms with Gasteiger partial charge in [-0.3, -0.25) is 4.79 Å².